The molecule has 3 N–H and O–H groups in total. The van der Waals surface area contributed by atoms with Crippen molar-refractivity contribution in [3.8, 4) is 11.1 Å². The zero-order valence-electron chi connectivity index (χ0n) is 17.9. The average Bonchev–Trinajstić information content (AvgIpc) is 3.27. The number of ether oxygens (including phenoxy) is 2. The van der Waals surface area contributed by atoms with Gasteiger partial charge in [-0.3, -0.25) is 10.3 Å². The number of halogens is 1. The van der Waals surface area contributed by atoms with E-state index in [2.05, 4.69) is 20.2 Å². The van der Waals surface area contributed by atoms with Crippen LogP contribution in [0.2, 0.25) is 0 Å². The van der Waals surface area contributed by atoms with E-state index >= 15 is 0 Å². The molecule has 0 radical (unpaired) electrons. The van der Waals surface area contributed by atoms with Crippen LogP contribution in [0.5, 0.6) is 0 Å². The number of rotatable bonds is 9. The van der Waals surface area contributed by atoms with Gasteiger partial charge in [0.1, 0.15) is 12.4 Å². The highest BCUT2D eigenvalue weighted by atomic mass is 19.1. The van der Waals surface area contributed by atoms with Crippen LogP contribution < -0.4 is 11.1 Å². The molecule has 32 heavy (non-hydrogen) atoms. The monoisotopic (exact) mass is 440 g/mol. The van der Waals surface area contributed by atoms with Crippen LogP contribution in [0.3, 0.4) is 0 Å². The van der Waals surface area contributed by atoms with Gasteiger partial charge in [0.25, 0.3) is 0 Å². The number of carbonyl (C=O) groups excluding carboxylic acids is 1. The van der Waals surface area contributed by atoms with Gasteiger partial charge in [-0.05, 0) is 17.2 Å². The molecule has 0 bridgehead atoms. The van der Waals surface area contributed by atoms with Crippen molar-refractivity contribution in [2.24, 2.45) is 10.7 Å². The number of anilines is 1. The van der Waals surface area contributed by atoms with E-state index < -0.39 is 5.97 Å². The molecule has 0 amide bonds. The lowest BCUT2D eigenvalue weighted by Crippen LogP contribution is -2.23. The third-order valence-electron chi connectivity index (χ3n) is 4.77. The topological polar surface area (TPSA) is 112 Å². The van der Waals surface area contributed by atoms with Gasteiger partial charge in [-0.15, -0.1) is 0 Å². The summed E-state index contributed by atoms with van der Waals surface area (Å²) in [4.78, 5) is 15.0. The highest BCUT2D eigenvalue weighted by molar-refractivity contribution is 5.90. The van der Waals surface area contributed by atoms with Gasteiger partial charge in [0.15, 0.2) is 5.96 Å². The van der Waals surface area contributed by atoms with Crippen LogP contribution >= 0.6 is 0 Å². The number of methoxy groups -OCH3 is 1. The largest absolute Gasteiger partial charge is 0.467 e. The maximum Gasteiger partial charge on any atom is 0.331 e. The minimum Gasteiger partial charge on any atom is -0.467 e. The molecule has 0 fully saturated rings. The summed E-state index contributed by atoms with van der Waals surface area (Å²) in [6.45, 7) is 2.23. The first kappa shape index (κ1) is 23.0. The fourth-order valence-corrected chi connectivity index (χ4v) is 2.99. The number of carbonyl (C=O) groups is 1. The zero-order valence-corrected chi connectivity index (χ0v) is 17.9. The van der Waals surface area contributed by atoms with Gasteiger partial charge >= 0.3 is 5.97 Å². The van der Waals surface area contributed by atoms with Crippen molar-refractivity contribution in [2.45, 2.75) is 12.8 Å². The van der Waals surface area contributed by atoms with E-state index in [0.717, 1.165) is 11.1 Å². The fourth-order valence-electron chi connectivity index (χ4n) is 2.99. The second-order valence-corrected chi connectivity index (χ2v) is 6.96. The van der Waals surface area contributed by atoms with Gasteiger partial charge in [-0.2, -0.15) is 0 Å². The summed E-state index contributed by atoms with van der Waals surface area (Å²) < 4.78 is 29.5. The summed E-state index contributed by atoms with van der Waals surface area (Å²) >= 11 is 0. The molecule has 3 rings (SSSR count). The molecule has 0 aliphatic rings. The summed E-state index contributed by atoms with van der Waals surface area (Å²) in [5, 5.41) is 6.85. The Labute approximate surface area is 185 Å². The first-order valence-corrected chi connectivity index (χ1v) is 10.0. The Morgan fingerprint density at radius 3 is 2.75 bits per heavy atom. The summed E-state index contributed by atoms with van der Waals surface area (Å²) in [5.41, 5.74) is 8.57. The first-order valence-electron chi connectivity index (χ1n) is 10.0. The third-order valence-corrected chi connectivity index (χ3v) is 4.77. The Bertz CT molecular complexity index is 1070. The van der Waals surface area contributed by atoms with Crippen molar-refractivity contribution >= 4 is 17.8 Å². The van der Waals surface area contributed by atoms with Crippen LogP contribution in [0.1, 0.15) is 24.1 Å². The number of hydrogen-bond acceptors (Lipinski definition) is 6. The van der Waals surface area contributed by atoms with Crippen LogP contribution in [0.15, 0.2) is 64.1 Å². The standard InChI is InChI=1S/C23H25FN4O4/c1-15(17-8-9-18(19(24)12-17)16-6-4-3-5-7-16)20-13-21(32-28-20)27-23(25)26-10-11-31-14-22(29)30-2/h3-9,12-13,15H,10-11,14H2,1-2H3,(H3,25,26,27). The van der Waals surface area contributed by atoms with Crippen LogP contribution in [-0.4, -0.2) is 44.0 Å². The van der Waals surface area contributed by atoms with Crippen molar-refractivity contribution in [3.63, 3.8) is 0 Å². The van der Waals surface area contributed by atoms with E-state index in [4.69, 9.17) is 15.0 Å². The van der Waals surface area contributed by atoms with E-state index in [9.17, 15) is 9.18 Å². The van der Waals surface area contributed by atoms with E-state index in [1.165, 1.54) is 13.2 Å². The zero-order chi connectivity index (χ0) is 22.9. The van der Waals surface area contributed by atoms with Gasteiger partial charge in [-0.25, -0.2) is 9.18 Å². The fraction of sp³-hybridized carbons (Fsp3) is 0.261. The maximum atomic E-state index is 14.7. The van der Waals surface area contributed by atoms with E-state index in [1.807, 2.05) is 43.3 Å². The van der Waals surface area contributed by atoms with Gasteiger partial charge in [0, 0.05) is 17.5 Å². The number of guanidine groups is 1. The number of nitrogens with two attached hydrogens (primary N) is 1. The molecule has 1 heterocycles. The second kappa shape index (κ2) is 11.1. The number of aliphatic imine (C=N–C) groups is 1. The molecule has 2 aromatic carbocycles. The van der Waals surface area contributed by atoms with E-state index in [0.29, 0.717) is 17.1 Å². The predicted molar refractivity (Wildman–Crippen MR) is 119 cm³/mol. The Morgan fingerprint density at radius 2 is 2.03 bits per heavy atom. The highest BCUT2D eigenvalue weighted by Gasteiger charge is 2.16. The molecular formula is C23H25FN4O4. The average molecular weight is 440 g/mol. The second-order valence-electron chi connectivity index (χ2n) is 6.96. The van der Waals surface area contributed by atoms with Gasteiger partial charge in [-0.1, -0.05) is 54.5 Å². The quantitative estimate of drug-likeness (QED) is 0.226. The molecule has 0 saturated heterocycles. The molecule has 0 aliphatic carbocycles. The molecular weight excluding hydrogens is 415 g/mol. The Kier molecular flexibility index (Phi) is 7.93. The minimum absolute atomic E-state index is 0.111. The number of hydrogen-bond donors (Lipinski definition) is 2. The Morgan fingerprint density at radius 1 is 1.25 bits per heavy atom. The smallest absolute Gasteiger partial charge is 0.331 e. The predicted octanol–water partition coefficient (Wildman–Crippen LogP) is 3.55. The van der Waals surface area contributed by atoms with Crippen LogP contribution in [0.25, 0.3) is 11.1 Å². The number of esters is 1. The lowest BCUT2D eigenvalue weighted by atomic mass is 9.95. The molecule has 3 aromatic rings. The van der Waals surface area contributed by atoms with Crippen molar-refractivity contribution in [2.75, 3.05) is 32.2 Å². The molecule has 8 nitrogen and oxygen atoms in total. The minimum atomic E-state index is -0.460. The molecule has 0 aliphatic heterocycles. The number of benzene rings is 2. The molecule has 1 unspecified atom stereocenters. The molecule has 1 atom stereocenters. The summed E-state index contributed by atoms with van der Waals surface area (Å²) in [5.74, 6) is -0.532. The Balaban J connectivity index is 1.58. The van der Waals surface area contributed by atoms with E-state index in [-0.39, 0.29) is 37.5 Å². The van der Waals surface area contributed by atoms with Gasteiger partial charge in [0.2, 0.25) is 5.88 Å². The number of nitrogens with one attached hydrogen (secondary N) is 1. The van der Waals surface area contributed by atoms with Crippen LogP contribution in [-0.2, 0) is 14.3 Å². The highest BCUT2D eigenvalue weighted by Crippen LogP contribution is 2.29. The Hall–Kier alpha value is -3.72. The molecule has 1 aromatic heterocycles. The molecule has 9 heteroatoms. The van der Waals surface area contributed by atoms with Crippen molar-refractivity contribution < 1.29 is 23.2 Å². The van der Waals surface area contributed by atoms with Crippen LogP contribution in [0, 0.1) is 5.82 Å². The summed E-state index contributed by atoms with van der Waals surface area (Å²) in [6.07, 6.45) is 0. The lowest BCUT2D eigenvalue weighted by molar-refractivity contribution is -0.145. The first-order chi connectivity index (χ1) is 15.5. The maximum absolute atomic E-state index is 14.7. The normalized spacial score (nSPS) is 12.4. The number of nitrogens with zero attached hydrogens (tertiary/aromatic N) is 2. The summed E-state index contributed by atoms with van der Waals surface area (Å²) in [7, 11) is 1.29. The molecule has 0 saturated carbocycles. The van der Waals surface area contributed by atoms with Crippen molar-refractivity contribution in [1.82, 2.24) is 5.16 Å². The SMILES string of the molecule is COC(=O)COCCN=C(N)Nc1cc(C(C)c2ccc(-c3ccccc3)c(F)c2)no1. The lowest BCUT2D eigenvalue weighted by Gasteiger charge is -2.11. The van der Waals surface area contributed by atoms with Gasteiger partial charge in [0.05, 0.1) is 26.0 Å². The van der Waals surface area contributed by atoms with Crippen LogP contribution in [0.4, 0.5) is 10.3 Å². The molecule has 0 spiro atoms. The van der Waals surface area contributed by atoms with Crippen molar-refractivity contribution in [1.29, 1.82) is 0 Å². The van der Waals surface area contributed by atoms with Gasteiger partial charge < -0.3 is 19.7 Å². The molecule has 168 valence electrons. The number of aromatic nitrogens is 1. The van der Waals surface area contributed by atoms with Crippen molar-refractivity contribution in [3.05, 3.63) is 71.7 Å². The van der Waals surface area contributed by atoms with E-state index in [1.54, 1.807) is 12.1 Å². The third kappa shape index (κ3) is 6.14. The summed E-state index contributed by atoms with van der Waals surface area (Å²) in [6, 6.07) is 16.2.